The first kappa shape index (κ1) is 12.0. The lowest BCUT2D eigenvalue weighted by Crippen LogP contribution is -2.16. The van der Waals surface area contributed by atoms with Crippen molar-refractivity contribution in [3.05, 3.63) is 0 Å². The Bertz CT molecular complexity index is 188. The van der Waals surface area contributed by atoms with Gasteiger partial charge in [0, 0.05) is 0 Å². The number of epoxide rings is 1. The molecule has 1 saturated heterocycles. The Morgan fingerprint density at radius 2 is 1.43 bits per heavy atom. The second-order valence-corrected chi connectivity index (χ2v) is 6.70. The van der Waals surface area contributed by atoms with Gasteiger partial charge in [-0.1, -0.05) is 48.0 Å². The van der Waals surface area contributed by atoms with Gasteiger partial charge >= 0.3 is 0 Å². The fourth-order valence-corrected chi connectivity index (χ4v) is 1.83. The standard InChI is InChI=1S/C13H26O/c1-7-13(5,6)9-11-10(14-11)8-12(2,3)4/h10-11H,7-9H2,1-6H3. The third-order valence-electron chi connectivity index (χ3n) is 3.21. The molecule has 84 valence electrons. The van der Waals surface area contributed by atoms with E-state index in [1.165, 1.54) is 19.3 Å². The Morgan fingerprint density at radius 1 is 0.929 bits per heavy atom. The summed E-state index contributed by atoms with van der Waals surface area (Å²) >= 11 is 0. The van der Waals surface area contributed by atoms with E-state index in [-0.39, 0.29) is 0 Å². The van der Waals surface area contributed by atoms with Crippen molar-refractivity contribution in [2.45, 2.75) is 73.0 Å². The molecule has 1 fully saturated rings. The van der Waals surface area contributed by atoms with Crippen LogP contribution in [-0.2, 0) is 4.74 Å². The van der Waals surface area contributed by atoms with E-state index in [4.69, 9.17) is 4.74 Å². The van der Waals surface area contributed by atoms with Crippen LogP contribution in [0.5, 0.6) is 0 Å². The zero-order valence-electron chi connectivity index (χ0n) is 10.7. The molecule has 1 heteroatoms. The van der Waals surface area contributed by atoms with Crippen molar-refractivity contribution in [3.8, 4) is 0 Å². The highest BCUT2D eigenvalue weighted by molar-refractivity contribution is 4.91. The largest absolute Gasteiger partial charge is 0.370 e. The molecule has 0 aliphatic carbocycles. The summed E-state index contributed by atoms with van der Waals surface area (Å²) in [4.78, 5) is 0. The molecule has 0 N–H and O–H groups in total. The topological polar surface area (TPSA) is 12.5 Å². The van der Waals surface area contributed by atoms with Crippen LogP contribution in [0.25, 0.3) is 0 Å². The molecular formula is C13H26O. The van der Waals surface area contributed by atoms with E-state index < -0.39 is 0 Å². The summed E-state index contributed by atoms with van der Waals surface area (Å²) in [5.74, 6) is 0. The minimum absolute atomic E-state index is 0.412. The average molecular weight is 198 g/mol. The predicted molar refractivity (Wildman–Crippen MR) is 61.4 cm³/mol. The number of hydrogen-bond acceptors (Lipinski definition) is 1. The number of ether oxygens (including phenoxy) is 1. The molecule has 2 unspecified atom stereocenters. The second-order valence-electron chi connectivity index (χ2n) is 6.70. The van der Waals surface area contributed by atoms with E-state index >= 15 is 0 Å². The summed E-state index contributed by atoms with van der Waals surface area (Å²) in [5, 5.41) is 0. The lowest BCUT2D eigenvalue weighted by Gasteiger charge is -2.21. The fourth-order valence-electron chi connectivity index (χ4n) is 1.83. The van der Waals surface area contributed by atoms with Gasteiger partial charge in [0.05, 0.1) is 12.2 Å². The van der Waals surface area contributed by atoms with Gasteiger partial charge in [-0.05, 0) is 23.7 Å². The Labute approximate surface area is 89.2 Å². The maximum atomic E-state index is 5.73. The lowest BCUT2D eigenvalue weighted by atomic mass is 9.82. The van der Waals surface area contributed by atoms with Gasteiger partial charge in [0.15, 0.2) is 0 Å². The molecule has 0 saturated carbocycles. The first-order chi connectivity index (χ1) is 6.23. The molecule has 0 aromatic heterocycles. The zero-order valence-corrected chi connectivity index (χ0v) is 10.7. The molecule has 1 nitrogen and oxygen atoms in total. The Morgan fingerprint density at radius 3 is 1.86 bits per heavy atom. The number of hydrogen-bond donors (Lipinski definition) is 0. The van der Waals surface area contributed by atoms with Crippen LogP contribution >= 0.6 is 0 Å². The highest BCUT2D eigenvalue weighted by Gasteiger charge is 2.43. The van der Waals surface area contributed by atoms with E-state index in [1.807, 2.05) is 0 Å². The molecule has 0 spiro atoms. The van der Waals surface area contributed by atoms with Crippen molar-refractivity contribution in [2.24, 2.45) is 10.8 Å². The maximum absolute atomic E-state index is 5.73. The van der Waals surface area contributed by atoms with E-state index in [1.54, 1.807) is 0 Å². The molecule has 0 amide bonds. The minimum atomic E-state index is 0.412. The number of rotatable bonds is 4. The van der Waals surface area contributed by atoms with Crippen molar-refractivity contribution in [1.82, 2.24) is 0 Å². The fraction of sp³-hybridized carbons (Fsp3) is 1.00. The molecule has 0 bridgehead atoms. The first-order valence-corrected chi connectivity index (χ1v) is 5.89. The molecule has 0 radical (unpaired) electrons. The van der Waals surface area contributed by atoms with Gasteiger partial charge in [-0.15, -0.1) is 0 Å². The molecule has 1 rings (SSSR count). The molecule has 1 heterocycles. The monoisotopic (exact) mass is 198 g/mol. The van der Waals surface area contributed by atoms with Crippen molar-refractivity contribution < 1.29 is 4.74 Å². The predicted octanol–water partition coefficient (Wildman–Crippen LogP) is 4.02. The van der Waals surface area contributed by atoms with Gasteiger partial charge < -0.3 is 4.74 Å². The summed E-state index contributed by atoms with van der Waals surface area (Å²) in [6, 6.07) is 0. The highest BCUT2D eigenvalue weighted by atomic mass is 16.6. The van der Waals surface area contributed by atoms with Crippen LogP contribution in [0.2, 0.25) is 0 Å². The third kappa shape index (κ3) is 4.00. The van der Waals surface area contributed by atoms with Crippen LogP contribution in [-0.4, -0.2) is 12.2 Å². The van der Waals surface area contributed by atoms with Gasteiger partial charge in [0.25, 0.3) is 0 Å². The van der Waals surface area contributed by atoms with Gasteiger partial charge in [0.1, 0.15) is 0 Å². The van der Waals surface area contributed by atoms with Crippen molar-refractivity contribution in [2.75, 3.05) is 0 Å². The second kappa shape index (κ2) is 3.84. The van der Waals surface area contributed by atoms with E-state index in [9.17, 15) is 0 Å². The third-order valence-corrected chi connectivity index (χ3v) is 3.21. The molecule has 1 aliphatic rings. The summed E-state index contributed by atoms with van der Waals surface area (Å²) in [5.41, 5.74) is 0.868. The minimum Gasteiger partial charge on any atom is -0.370 e. The maximum Gasteiger partial charge on any atom is 0.0847 e. The van der Waals surface area contributed by atoms with Gasteiger partial charge in [-0.2, -0.15) is 0 Å². The lowest BCUT2D eigenvalue weighted by molar-refractivity contribution is 0.258. The van der Waals surface area contributed by atoms with E-state index in [0.717, 1.165) is 0 Å². The van der Waals surface area contributed by atoms with E-state index in [2.05, 4.69) is 41.5 Å². The van der Waals surface area contributed by atoms with Crippen LogP contribution in [0.4, 0.5) is 0 Å². The molecular weight excluding hydrogens is 172 g/mol. The van der Waals surface area contributed by atoms with Crippen molar-refractivity contribution in [1.29, 1.82) is 0 Å². The van der Waals surface area contributed by atoms with Crippen molar-refractivity contribution in [3.63, 3.8) is 0 Å². The zero-order chi connectivity index (χ0) is 11.0. The molecule has 0 aromatic rings. The normalized spacial score (nSPS) is 27.9. The van der Waals surface area contributed by atoms with Gasteiger partial charge in [-0.25, -0.2) is 0 Å². The van der Waals surface area contributed by atoms with Crippen LogP contribution in [0.15, 0.2) is 0 Å². The quantitative estimate of drug-likeness (QED) is 0.622. The summed E-state index contributed by atoms with van der Waals surface area (Å²) in [6.07, 6.45) is 4.77. The average Bonchev–Trinajstić information content (AvgIpc) is 2.63. The molecule has 2 atom stereocenters. The van der Waals surface area contributed by atoms with Crippen LogP contribution < -0.4 is 0 Å². The Hall–Kier alpha value is -0.0400. The molecule has 0 aromatic carbocycles. The van der Waals surface area contributed by atoms with Crippen LogP contribution in [0.1, 0.15) is 60.8 Å². The van der Waals surface area contributed by atoms with Gasteiger partial charge in [-0.3, -0.25) is 0 Å². The summed E-state index contributed by atoms with van der Waals surface area (Å²) in [6.45, 7) is 13.8. The Balaban J connectivity index is 2.27. The Kier molecular flexibility index (Phi) is 3.30. The first-order valence-electron chi connectivity index (χ1n) is 5.89. The smallest absolute Gasteiger partial charge is 0.0847 e. The molecule has 1 aliphatic heterocycles. The van der Waals surface area contributed by atoms with Crippen LogP contribution in [0.3, 0.4) is 0 Å². The van der Waals surface area contributed by atoms with Crippen molar-refractivity contribution >= 4 is 0 Å². The molecule has 14 heavy (non-hydrogen) atoms. The van der Waals surface area contributed by atoms with Crippen LogP contribution in [0, 0.1) is 10.8 Å². The van der Waals surface area contributed by atoms with E-state index in [0.29, 0.717) is 23.0 Å². The highest BCUT2D eigenvalue weighted by Crippen LogP contribution is 2.41. The summed E-state index contributed by atoms with van der Waals surface area (Å²) in [7, 11) is 0. The van der Waals surface area contributed by atoms with Gasteiger partial charge in [0.2, 0.25) is 0 Å². The summed E-state index contributed by atoms with van der Waals surface area (Å²) < 4.78 is 5.73. The SMILES string of the molecule is CCC(C)(C)CC1OC1CC(C)(C)C.